The van der Waals surface area contributed by atoms with E-state index in [2.05, 4.69) is 4.90 Å². The summed E-state index contributed by atoms with van der Waals surface area (Å²) in [6.45, 7) is 5.15. The first kappa shape index (κ1) is 15.3. The number of benzene rings is 1. The van der Waals surface area contributed by atoms with Crippen molar-refractivity contribution in [3.8, 4) is 6.07 Å². The molecule has 2 saturated heterocycles. The zero-order valence-electron chi connectivity index (χ0n) is 12.5. The number of rotatable bonds is 2. The van der Waals surface area contributed by atoms with Crippen LogP contribution in [0.3, 0.4) is 0 Å². The summed E-state index contributed by atoms with van der Waals surface area (Å²) in [6, 6.07) is 5.58. The molecule has 2 fully saturated rings. The minimum Gasteiger partial charge on any atom is -0.342 e. The maximum absolute atomic E-state index is 13.7. The van der Waals surface area contributed by atoms with Gasteiger partial charge in [-0.1, -0.05) is 6.07 Å². The first-order valence-electron chi connectivity index (χ1n) is 7.38. The molecular formula is C16H18FN3OS. The molecule has 2 aliphatic rings. The predicted molar refractivity (Wildman–Crippen MR) is 84.0 cm³/mol. The molecule has 0 aliphatic carbocycles. The van der Waals surface area contributed by atoms with Crippen molar-refractivity contribution in [2.45, 2.75) is 18.2 Å². The Hall–Kier alpha value is -1.58. The highest BCUT2D eigenvalue weighted by molar-refractivity contribution is 7.99. The maximum atomic E-state index is 13.7. The van der Waals surface area contributed by atoms with Crippen LogP contribution in [0.15, 0.2) is 12.1 Å². The predicted octanol–water partition coefficient (Wildman–Crippen LogP) is 1.94. The highest BCUT2D eigenvalue weighted by Crippen LogP contribution is 2.38. The van der Waals surface area contributed by atoms with Crippen molar-refractivity contribution in [2.75, 3.05) is 31.9 Å². The van der Waals surface area contributed by atoms with E-state index in [-0.39, 0.29) is 10.8 Å². The van der Waals surface area contributed by atoms with Crippen LogP contribution in [0.2, 0.25) is 0 Å². The van der Waals surface area contributed by atoms with Crippen LogP contribution < -0.4 is 0 Å². The molecule has 3 rings (SSSR count). The number of carbonyl (C=O) groups excluding carboxylic acids is 1. The fraction of sp³-hybridized carbons (Fsp3) is 0.500. The van der Waals surface area contributed by atoms with Crippen molar-refractivity contribution >= 4 is 18.2 Å². The Morgan fingerprint density at radius 2 is 2.23 bits per heavy atom. The number of nitriles is 1. The van der Waals surface area contributed by atoms with Gasteiger partial charge in [-0.3, -0.25) is 9.69 Å². The molecular weight excluding hydrogens is 301 g/mol. The summed E-state index contributed by atoms with van der Waals surface area (Å²) in [5, 5.41) is 9.38. The second-order valence-corrected chi connectivity index (χ2v) is 7.06. The number of amides is 1. The van der Waals surface area contributed by atoms with E-state index in [1.807, 2.05) is 35.7 Å². The van der Waals surface area contributed by atoms with Crippen LogP contribution in [0.4, 0.5) is 4.39 Å². The van der Waals surface area contributed by atoms with Crippen molar-refractivity contribution in [1.29, 1.82) is 5.26 Å². The van der Waals surface area contributed by atoms with Gasteiger partial charge in [-0.15, -0.1) is 0 Å². The van der Waals surface area contributed by atoms with Crippen LogP contribution in [-0.2, 0) is 4.79 Å². The Balaban J connectivity index is 1.79. The summed E-state index contributed by atoms with van der Waals surface area (Å²) in [5.41, 5.74) is 1.97. The number of hydrogen-bond acceptors (Lipinski definition) is 4. The molecule has 2 unspecified atom stereocenters. The second kappa shape index (κ2) is 6.27. The van der Waals surface area contributed by atoms with E-state index in [4.69, 9.17) is 5.26 Å². The quantitative estimate of drug-likeness (QED) is 0.782. The molecule has 2 heterocycles. The van der Waals surface area contributed by atoms with Gasteiger partial charge in [0, 0.05) is 43.2 Å². The Kier molecular flexibility index (Phi) is 4.37. The van der Waals surface area contributed by atoms with Crippen LogP contribution >= 0.6 is 11.8 Å². The van der Waals surface area contributed by atoms with E-state index in [1.165, 1.54) is 6.07 Å². The van der Waals surface area contributed by atoms with E-state index >= 15 is 0 Å². The molecule has 0 N–H and O–H groups in total. The third-order valence-electron chi connectivity index (χ3n) is 4.59. The molecule has 2 aliphatic heterocycles. The molecule has 0 spiro atoms. The highest BCUT2D eigenvalue weighted by atomic mass is 32.2. The molecule has 1 amide bonds. The summed E-state index contributed by atoms with van der Waals surface area (Å²) < 4.78 is 13.7. The first-order chi connectivity index (χ1) is 10.6. The summed E-state index contributed by atoms with van der Waals surface area (Å²) in [7, 11) is 0. The van der Waals surface area contributed by atoms with Gasteiger partial charge >= 0.3 is 0 Å². The van der Waals surface area contributed by atoms with Crippen molar-refractivity contribution in [2.24, 2.45) is 0 Å². The van der Waals surface area contributed by atoms with Gasteiger partial charge in [0.2, 0.25) is 6.41 Å². The minimum absolute atomic E-state index is 0.158. The standard InChI is InChI=1S/C16H18FN3OS/c1-11-13(2-3-15(17)14(11)6-18)16-8-20-5-4-19(10-21)7-12(20)9-22-16/h2-3,10,12,16H,4-5,7-9H2,1H3. The van der Waals surface area contributed by atoms with E-state index in [9.17, 15) is 9.18 Å². The van der Waals surface area contributed by atoms with Gasteiger partial charge in [-0.05, 0) is 24.1 Å². The van der Waals surface area contributed by atoms with E-state index in [0.717, 1.165) is 49.5 Å². The lowest BCUT2D eigenvalue weighted by atomic mass is 9.99. The number of thioether (sulfide) groups is 1. The zero-order valence-corrected chi connectivity index (χ0v) is 13.3. The smallest absolute Gasteiger partial charge is 0.209 e. The van der Waals surface area contributed by atoms with E-state index in [0.29, 0.717) is 6.04 Å². The first-order valence-corrected chi connectivity index (χ1v) is 8.43. The number of hydrogen-bond donors (Lipinski definition) is 0. The molecule has 22 heavy (non-hydrogen) atoms. The van der Waals surface area contributed by atoms with Gasteiger partial charge in [-0.25, -0.2) is 4.39 Å². The van der Waals surface area contributed by atoms with E-state index in [1.54, 1.807) is 0 Å². The normalized spacial score (nSPS) is 25.4. The maximum Gasteiger partial charge on any atom is 0.209 e. The molecule has 1 aromatic rings. The summed E-state index contributed by atoms with van der Waals surface area (Å²) in [6.07, 6.45) is 0.928. The molecule has 1 aromatic carbocycles. The monoisotopic (exact) mass is 319 g/mol. The highest BCUT2D eigenvalue weighted by Gasteiger charge is 2.34. The van der Waals surface area contributed by atoms with E-state index < -0.39 is 5.82 Å². The van der Waals surface area contributed by atoms with Crippen molar-refractivity contribution in [3.63, 3.8) is 0 Å². The van der Waals surface area contributed by atoms with Gasteiger partial charge in [0.15, 0.2) is 0 Å². The molecule has 2 atom stereocenters. The zero-order chi connectivity index (χ0) is 15.7. The Morgan fingerprint density at radius 1 is 1.41 bits per heavy atom. The molecule has 6 heteroatoms. The van der Waals surface area contributed by atoms with Crippen LogP contribution in [0.5, 0.6) is 0 Å². The summed E-state index contributed by atoms with van der Waals surface area (Å²) in [5.74, 6) is 0.510. The Bertz CT molecular complexity index is 631. The van der Waals surface area contributed by atoms with Gasteiger partial charge in [0.05, 0.1) is 5.56 Å². The molecule has 0 saturated carbocycles. The topological polar surface area (TPSA) is 47.3 Å². The van der Waals surface area contributed by atoms with Crippen LogP contribution in [0.25, 0.3) is 0 Å². The lowest BCUT2D eigenvalue weighted by Gasteiger charge is -2.45. The fourth-order valence-corrected chi connectivity index (χ4v) is 4.78. The van der Waals surface area contributed by atoms with Gasteiger partial charge < -0.3 is 4.90 Å². The lowest BCUT2D eigenvalue weighted by molar-refractivity contribution is -0.120. The number of carbonyl (C=O) groups is 1. The number of halogens is 1. The largest absolute Gasteiger partial charge is 0.342 e. The molecule has 0 aromatic heterocycles. The molecule has 0 bridgehead atoms. The van der Waals surface area contributed by atoms with Crippen molar-refractivity contribution in [3.05, 3.63) is 34.6 Å². The Labute approximate surface area is 133 Å². The van der Waals surface area contributed by atoms with Gasteiger partial charge in [-0.2, -0.15) is 17.0 Å². The average molecular weight is 319 g/mol. The Morgan fingerprint density at radius 3 is 2.95 bits per heavy atom. The lowest BCUT2D eigenvalue weighted by Crippen LogP contribution is -2.56. The fourth-order valence-electron chi connectivity index (χ4n) is 3.27. The third-order valence-corrected chi connectivity index (χ3v) is 5.97. The van der Waals surface area contributed by atoms with Crippen molar-refractivity contribution in [1.82, 2.24) is 9.80 Å². The molecule has 0 radical (unpaired) electrons. The number of piperazine rings is 1. The van der Waals surface area contributed by atoms with Gasteiger partial charge in [0.25, 0.3) is 0 Å². The number of fused-ring (bicyclic) bond motifs is 1. The molecule has 116 valence electrons. The van der Waals surface area contributed by atoms with Crippen LogP contribution in [0, 0.1) is 24.1 Å². The van der Waals surface area contributed by atoms with Gasteiger partial charge in [0.1, 0.15) is 11.9 Å². The van der Waals surface area contributed by atoms with Crippen LogP contribution in [0.1, 0.15) is 21.9 Å². The third kappa shape index (κ3) is 2.71. The summed E-state index contributed by atoms with van der Waals surface area (Å²) in [4.78, 5) is 15.1. The summed E-state index contributed by atoms with van der Waals surface area (Å²) >= 11 is 1.84. The van der Waals surface area contributed by atoms with Crippen molar-refractivity contribution < 1.29 is 9.18 Å². The second-order valence-electron chi connectivity index (χ2n) is 5.82. The average Bonchev–Trinajstić information content (AvgIpc) is 2.54. The SMILES string of the molecule is Cc1c(C2CN3CCN(C=O)CC3CS2)ccc(F)c1C#N. The van der Waals surface area contributed by atoms with Crippen LogP contribution in [-0.4, -0.2) is 54.2 Å². The minimum atomic E-state index is -0.443. The molecule has 4 nitrogen and oxygen atoms in total. The number of nitrogens with zero attached hydrogens (tertiary/aromatic N) is 3.